The van der Waals surface area contributed by atoms with Gasteiger partial charge in [-0.15, -0.1) is 0 Å². The Labute approximate surface area is 175 Å². The van der Waals surface area contributed by atoms with Crippen LogP contribution in [0.1, 0.15) is 49.0 Å². The molecule has 3 aliphatic rings. The van der Waals surface area contributed by atoms with E-state index in [-0.39, 0.29) is 24.1 Å². The molecule has 5 rings (SSSR count). The molecule has 1 fully saturated rings. The van der Waals surface area contributed by atoms with Crippen molar-refractivity contribution in [3.05, 3.63) is 53.1 Å². The fourth-order valence-corrected chi connectivity index (χ4v) is 4.64. The predicted molar refractivity (Wildman–Crippen MR) is 114 cm³/mol. The molecule has 6 nitrogen and oxygen atoms in total. The number of rotatable bonds is 0. The Morgan fingerprint density at radius 1 is 1.27 bits per heavy atom. The molecule has 0 aliphatic carbocycles. The zero-order chi connectivity index (χ0) is 20.7. The van der Waals surface area contributed by atoms with Gasteiger partial charge in [-0.25, -0.2) is 4.39 Å². The van der Waals surface area contributed by atoms with E-state index in [4.69, 9.17) is 4.74 Å². The number of nitrogens with zero attached hydrogens (tertiary/aromatic N) is 3. The van der Waals surface area contributed by atoms with Gasteiger partial charge in [-0.3, -0.25) is 9.88 Å². The van der Waals surface area contributed by atoms with Gasteiger partial charge in [-0.1, -0.05) is 0 Å². The van der Waals surface area contributed by atoms with Crippen LogP contribution in [0.2, 0.25) is 0 Å². The first-order chi connectivity index (χ1) is 14.6. The monoisotopic (exact) mass is 405 g/mol. The highest BCUT2D eigenvalue weighted by atomic mass is 19.1. The maximum atomic E-state index is 14.2. The fraction of sp³-hybridized carbons (Fsp3) is 0.391. The number of ether oxygens (including phenoxy) is 1. The minimum Gasteiger partial charge on any atom is -0.493 e. The highest BCUT2D eigenvalue weighted by Crippen LogP contribution is 2.42. The van der Waals surface area contributed by atoms with Gasteiger partial charge in [-0.05, 0) is 50.1 Å². The molecule has 2 bridgehead atoms. The van der Waals surface area contributed by atoms with Crippen molar-refractivity contribution < 1.29 is 9.13 Å². The Hall–Kier alpha value is -3.11. The average molecular weight is 405 g/mol. The van der Waals surface area contributed by atoms with E-state index in [1.165, 1.54) is 6.07 Å². The second kappa shape index (κ2) is 7.62. The molecule has 1 unspecified atom stereocenters. The van der Waals surface area contributed by atoms with Crippen LogP contribution in [0.25, 0.3) is 6.08 Å². The number of aromatic nitrogens is 1. The van der Waals surface area contributed by atoms with E-state index in [9.17, 15) is 9.65 Å². The topological polar surface area (TPSA) is 73.2 Å². The van der Waals surface area contributed by atoms with Crippen LogP contribution in [-0.2, 0) is 0 Å². The van der Waals surface area contributed by atoms with E-state index in [0.29, 0.717) is 12.2 Å². The number of hydrogen-bond donors (Lipinski definition) is 2. The van der Waals surface area contributed by atoms with Crippen LogP contribution in [0, 0.1) is 17.1 Å². The third-order valence-corrected chi connectivity index (χ3v) is 6.14. The number of nitriles is 1. The summed E-state index contributed by atoms with van der Waals surface area (Å²) < 4.78 is 20.3. The molecule has 1 saturated heterocycles. The number of halogens is 1. The first-order valence-electron chi connectivity index (χ1n) is 10.5. The van der Waals surface area contributed by atoms with Crippen LogP contribution in [0.3, 0.4) is 0 Å². The summed E-state index contributed by atoms with van der Waals surface area (Å²) in [6.07, 6.45) is 8.35. The summed E-state index contributed by atoms with van der Waals surface area (Å²) in [6, 6.07) is 7.21. The minimum atomic E-state index is -0.244. The number of nitrogens with one attached hydrogen (secondary N) is 2. The SMILES string of the molecule is C[C@@H]1CCOc2ccc(F)cc2[C@H]2CCCN2C2C=Cc3ncc(C#N)c(c3N2)N1. The Morgan fingerprint density at radius 2 is 2.17 bits per heavy atom. The van der Waals surface area contributed by atoms with Gasteiger partial charge < -0.3 is 15.4 Å². The van der Waals surface area contributed by atoms with Crippen molar-refractivity contribution in [1.29, 1.82) is 5.26 Å². The normalized spacial score (nSPS) is 25.2. The second-order valence-electron chi connectivity index (χ2n) is 8.13. The van der Waals surface area contributed by atoms with E-state index in [1.54, 1.807) is 18.3 Å². The molecule has 2 N–H and O–H groups in total. The first kappa shape index (κ1) is 18.9. The molecule has 4 heterocycles. The largest absolute Gasteiger partial charge is 0.493 e. The molecule has 1 aromatic carbocycles. The van der Waals surface area contributed by atoms with Crippen molar-refractivity contribution in [3.63, 3.8) is 0 Å². The molecule has 154 valence electrons. The molecule has 0 amide bonds. The number of fused-ring (bicyclic) bond motifs is 5. The number of pyridine rings is 1. The lowest BCUT2D eigenvalue weighted by molar-refractivity contribution is 0.220. The molecular weight excluding hydrogens is 381 g/mol. The standard InChI is InChI=1S/C23H24FN5O/c1-14-8-10-30-20-6-4-16(24)11-17(20)19-3-2-9-29(19)21-7-5-18-23(28-21)22(27-14)15(12-25)13-26-18/h4-7,11,13-14,19,21,27-28H,2-3,8-10H2,1H3/t14-,19-,21?/m1/s1. The molecule has 3 atom stereocenters. The van der Waals surface area contributed by atoms with Gasteiger partial charge in [0.1, 0.15) is 17.6 Å². The van der Waals surface area contributed by atoms with E-state index in [1.807, 2.05) is 6.08 Å². The summed E-state index contributed by atoms with van der Waals surface area (Å²) in [4.78, 5) is 6.80. The van der Waals surface area contributed by atoms with Gasteiger partial charge in [0, 0.05) is 36.8 Å². The van der Waals surface area contributed by atoms with Gasteiger partial charge in [0.25, 0.3) is 0 Å². The lowest BCUT2D eigenvalue weighted by Gasteiger charge is -2.35. The lowest BCUT2D eigenvalue weighted by Crippen LogP contribution is -2.40. The maximum absolute atomic E-state index is 14.2. The van der Waals surface area contributed by atoms with Crippen molar-refractivity contribution in [3.8, 4) is 11.8 Å². The highest BCUT2D eigenvalue weighted by molar-refractivity contribution is 5.84. The van der Waals surface area contributed by atoms with Gasteiger partial charge in [0.2, 0.25) is 0 Å². The van der Waals surface area contributed by atoms with Crippen LogP contribution >= 0.6 is 0 Å². The van der Waals surface area contributed by atoms with Crippen molar-refractivity contribution in [2.45, 2.75) is 44.4 Å². The van der Waals surface area contributed by atoms with Gasteiger partial charge in [0.15, 0.2) is 0 Å². The van der Waals surface area contributed by atoms with E-state index in [2.05, 4.69) is 39.6 Å². The summed E-state index contributed by atoms with van der Waals surface area (Å²) in [7, 11) is 0. The Morgan fingerprint density at radius 3 is 3.03 bits per heavy atom. The molecule has 2 aromatic rings. The van der Waals surface area contributed by atoms with E-state index in [0.717, 1.165) is 54.2 Å². The fourth-order valence-electron chi connectivity index (χ4n) is 4.64. The summed E-state index contributed by atoms with van der Waals surface area (Å²) >= 11 is 0. The molecule has 7 heteroatoms. The van der Waals surface area contributed by atoms with Crippen molar-refractivity contribution in [2.75, 3.05) is 23.8 Å². The van der Waals surface area contributed by atoms with Crippen LogP contribution in [0.5, 0.6) is 5.75 Å². The Balaban J connectivity index is 1.61. The second-order valence-corrected chi connectivity index (χ2v) is 8.13. The Kier molecular flexibility index (Phi) is 4.80. The summed E-state index contributed by atoms with van der Waals surface area (Å²) in [5.41, 5.74) is 3.86. The van der Waals surface area contributed by atoms with Gasteiger partial charge >= 0.3 is 0 Å². The van der Waals surface area contributed by atoms with Crippen LogP contribution < -0.4 is 15.4 Å². The third-order valence-electron chi connectivity index (χ3n) is 6.14. The van der Waals surface area contributed by atoms with Crippen molar-refractivity contribution >= 4 is 17.5 Å². The number of hydrogen-bond acceptors (Lipinski definition) is 6. The van der Waals surface area contributed by atoms with Gasteiger partial charge in [0.05, 0.1) is 35.4 Å². The molecule has 0 saturated carbocycles. The molecular formula is C23H24FN5O. The Bertz CT molecular complexity index is 1050. The van der Waals surface area contributed by atoms with Crippen LogP contribution in [0.15, 0.2) is 30.5 Å². The number of anilines is 2. The summed E-state index contributed by atoms with van der Waals surface area (Å²) in [6.45, 7) is 3.46. The summed E-state index contributed by atoms with van der Waals surface area (Å²) in [5.74, 6) is 0.503. The quantitative estimate of drug-likeness (QED) is 0.682. The predicted octanol–water partition coefficient (Wildman–Crippen LogP) is 4.28. The summed E-state index contributed by atoms with van der Waals surface area (Å²) in [5, 5.41) is 16.7. The van der Waals surface area contributed by atoms with E-state index < -0.39 is 0 Å². The van der Waals surface area contributed by atoms with Crippen molar-refractivity contribution in [2.24, 2.45) is 0 Å². The molecule has 0 radical (unpaired) electrons. The highest BCUT2D eigenvalue weighted by Gasteiger charge is 2.35. The minimum absolute atomic E-state index is 0.0566. The zero-order valence-corrected chi connectivity index (χ0v) is 16.9. The lowest BCUT2D eigenvalue weighted by atomic mass is 10.0. The molecule has 3 aliphatic heterocycles. The van der Waals surface area contributed by atoms with Crippen LogP contribution in [0.4, 0.5) is 15.8 Å². The van der Waals surface area contributed by atoms with Gasteiger partial charge in [-0.2, -0.15) is 5.26 Å². The van der Waals surface area contributed by atoms with Crippen LogP contribution in [-0.4, -0.2) is 35.2 Å². The van der Waals surface area contributed by atoms with Crippen molar-refractivity contribution in [1.82, 2.24) is 9.88 Å². The number of benzene rings is 1. The first-order valence-corrected chi connectivity index (χ1v) is 10.5. The smallest absolute Gasteiger partial charge is 0.124 e. The molecule has 1 aromatic heterocycles. The average Bonchev–Trinajstić information content (AvgIpc) is 3.24. The van der Waals surface area contributed by atoms with E-state index >= 15 is 0 Å². The maximum Gasteiger partial charge on any atom is 0.124 e. The molecule has 30 heavy (non-hydrogen) atoms. The zero-order valence-electron chi connectivity index (χ0n) is 16.9. The third kappa shape index (κ3) is 3.27. The molecule has 0 spiro atoms.